The van der Waals surface area contributed by atoms with Crippen LogP contribution in [0.1, 0.15) is 46.0 Å². The van der Waals surface area contributed by atoms with Gasteiger partial charge in [0.1, 0.15) is 16.1 Å². The minimum absolute atomic E-state index is 0.0447. The number of rotatable bonds is 12. The molecule has 2 heterocycles. The van der Waals surface area contributed by atoms with Gasteiger partial charge in [0.2, 0.25) is 0 Å². The molecule has 234 valence electrons. The molecule has 0 spiro atoms. The number of hydrogen-bond donors (Lipinski definition) is 1. The fourth-order valence-corrected chi connectivity index (χ4v) is 6.43. The second kappa shape index (κ2) is 14.2. The number of amides is 1. The summed E-state index contributed by atoms with van der Waals surface area (Å²) in [5.74, 6) is -0.323. The third-order valence-electron chi connectivity index (χ3n) is 7.20. The smallest absolute Gasteiger partial charge is 0.387 e. The van der Waals surface area contributed by atoms with E-state index in [-0.39, 0.29) is 40.4 Å². The minimum Gasteiger partial charge on any atom is -0.619 e. The van der Waals surface area contributed by atoms with Crippen LogP contribution in [0.25, 0.3) is 0 Å². The SMILES string of the molecule is NCc1cccc(C(=O)N2CCSC2C(=O)OC(Cc2c(Cl)c[n+]([O-])cc2Cl)c2ccc(OC(F)F)c(OCC3CC3)c2)c1. The molecule has 0 bridgehead atoms. The first-order valence-electron chi connectivity index (χ1n) is 13.8. The Morgan fingerprint density at radius 1 is 1.11 bits per heavy atom. The van der Waals surface area contributed by atoms with Crippen molar-refractivity contribution in [2.45, 2.75) is 43.9 Å². The maximum Gasteiger partial charge on any atom is 0.387 e. The second-order valence-electron chi connectivity index (χ2n) is 10.4. The molecule has 14 heteroatoms. The molecule has 9 nitrogen and oxygen atoms in total. The molecule has 44 heavy (non-hydrogen) atoms. The van der Waals surface area contributed by atoms with Crippen LogP contribution in [0.15, 0.2) is 54.9 Å². The summed E-state index contributed by atoms with van der Waals surface area (Å²) in [6, 6.07) is 11.1. The zero-order valence-corrected chi connectivity index (χ0v) is 25.6. The number of carbonyl (C=O) groups excluding carboxylic acids is 2. The topological polar surface area (TPSA) is 118 Å². The molecule has 1 saturated carbocycles. The molecular weight excluding hydrogens is 639 g/mol. The van der Waals surface area contributed by atoms with Crippen LogP contribution in [-0.2, 0) is 22.5 Å². The molecule has 2 fully saturated rings. The average molecular weight is 669 g/mol. The molecule has 1 amide bonds. The number of carbonyl (C=O) groups is 2. The van der Waals surface area contributed by atoms with Crippen LogP contribution in [0, 0.1) is 11.1 Å². The summed E-state index contributed by atoms with van der Waals surface area (Å²) in [6.45, 7) is -2.19. The second-order valence-corrected chi connectivity index (χ2v) is 12.4. The van der Waals surface area contributed by atoms with Crippen LogP contribution in [0.2, 0.25) is 10.0 Å². The van der Waals surface area contributed by atoms with Crippen LogP contribution in [-0.4, -0.2) is 47.7 Å². The summed E-state index contributed by atoms with van der Waals surface area (Å²) in [7, 11) is 0. The Labute approximate surface area is 266 Å². The Bertz CT molecular complexity index is 1510. The van der Waals surface area contributed by atoms with Gasteiger partial charge in [-0.1, -0.05) is 41.4 Å². The zero-order valence-electron chi connectivity index (χ0n) is 23.3. The lowest BCUT2D eigenvalue weighted by molar-refractivity contribution is -0.605. The van der Waals surface area contributed by atoms with Crippen molar-refractivity contribution >= 4 is 46.8 Å². The lowest BCUT2D eigenvalue weighted by atomic mass is 10.0. The van der Waals surface area contributed by atoms with Gasteiger partial charge in [0.15, 0.2) is 29.3 Å². The number of aromatic nitrogens is 1. The Morgan fingerprint density at radius 2 is 1.86 bits per heavy atom. The normalized spacial score (nSPS) is 17.0. The monoisotopic (exact) mass is 667 g/mol. The van der Waals surface area contributed by atoms with Gasteiger partial charge in [0.05, 0.1) is 6.61 Å². The first kappa shape index (κ1) is 32.1. The highest BCUT2D eigenvalue weighted by Crippen LogP contribution is 2.38. The summed E-state index contributed by atoms with van der Waals surface area (Å²) in [5, 5.41) is 11.0. The summed E-state index contributed by atoms with van der Waals surface area (Å²) >= 11 is 14.0. The number of benzene rings is 2. The summed E-state index contributed by atoms with van der Waals surface area (Å²) in [4.78, 5) is 28.5. The van der Waals surface area contributed by atoms with Crippen LogP contribution < -0.4 is 19.9 Å². The maximum absolute atomic E-state index is 13.7. The molecule has 2 unspecified atom stereocenters. The molecule has 2 atom stereocenters. The van der Waals surface area contributed by atoms with Crippen molar-refractivity contribution in [3.05, 3.63) is 92.4 Å². The molecule has 5 rings (SSSR count). The highest BCUT2D eigenvalue weighted by molar-refractivity contribution is 8.00. The standard InChI is InChI=1S/C30H29Cl2F2N3O6S/c31-22-14-36(40)15-23(32)21(22)12-25(19-6-7-24(43-30(33)34)26(11-19)41-16-17-4-5-17)42-29(39)28-37(8-9-44-28)27(38)20-3-1-2-18(10-20)13-35/h1-3,6-7,10-11,14-15,17,25,28,30H,4-5,8-9,12-13,16,35H2. The van der Waals surface area contributed by atoms with Crippen LogP contribution >= 0.6 is 35.0 Å². The van der Waals surface area contributed by atoms with Crippen molar-refractivity contribution in [1.82, 2.24) is 4.90 Å². The molecule has 3 aromatic rings. The fourth-order valence-electron chi connectivity index (χ4n) is 4.73. The van der Waals surface area contributed by atoms with E-state index >= 15 is 0 Å². The van der Waals surface area contributed by atoms with Gasteiger partial charge in [-0.25, -0.2) is 4.79 Å². The lowest BCUT2D eigenvalue weighted by Gasteiger charge is -2.26. The van der Waals surface area contributed by atoms with E-state index in [1.54, 1.807) is 24.3 Å². The molecule has 1 aliphatic carbocycles. The number of esters is 1. The number of pyridine rings is 1. The third kappa shape index (κ3) is 7.84. The van der Waals surface area contributed by atoms with Crippen molar-refractivity contribution < 1.29 is 37.3 Å². The van der Waals surface area contributed by atoms with Crippen molar-refractivity contribution in [3.8, 4) is 11.5 Å². The Balaban J connectivity index is 1.45. The number of hydrogen-bond acceptors (Lipinski definition) is 8. The van der Waals surface area contributed by atoms with E-state index < -0.39 is 24.1 Å². The van der Waals surface area contributed by atoms with E-state index in [1.165, 1.54) is 34.9 Å². The predicted octanol–water partition coefficient (Wildman–Crippen LogP) is 5.52. The number of nitrogens with zero attached hydrogens (tertiary/aromatic N) is 2. The Morgan fingerprint density at radius 3 is 2.55 bits per heavy atom. The maximum atomic E-state index is 13.7. The van der Waals surface area contributed by atoms with Gasteiger partial charge < -0.3 is 30.1 Å². The predicted molar refractivity (Wildman–Crippen MR) is 161 cm³/mol. The Hall–Kier alpha value is -3.32. The highest BCUT2D eigenvalue weighted by atomic mass is 35.5. The molecule has 2 aromatic carbocycles. The van der Waals surface area contributed by atoms with Gasteiger partial charge in [-0.05, 0) is 54.2 Å². The van der Waals surface area contributed by atoms with Crippen LogP contribution in [0.5, 0.6) is 11.5 Å². The highest BCUT2D eigenvalue weighted by Gasteiger charge is 2.38. The summed E-state index contributed by atoms with van der Waals surface area (Å²) in [5.41, 5.74) is 7.62. The van der Waals surface area contributed by atoms with E-state index in [4.69, 9.17) is 38.4 Å². The van der Waals surface area contributed by atoms with Gasteiger partial charge in [0.25, 0.3) is 5.91 Å². The zero-order chi connectivity index (χ0) is 31.4. The quantitative estimate of drug-likeness (QED) is 0.152. The van der Waals surface area contributed by atoms with E-state index in [0.29, 0.717) is 46.2 Å². The number of ether oxygens (including phenoxy) is 3. The number of alkyl halides is 2. The van der Waals surface area contributed by atoms with Crippen LogP contribution in [0.4, 0.5) is 8.78 Å². The largest absolute Gasteiger partial charge is 0.619 e. The molecule has 1 saturated heterocycles. The summed E-state index contributed by atoms with van der Waals surface area (Å²) in [6.07, 6.45) is 3.07. The number of thioether (sulfide) groups is 1. The fraction of sp³-hybridized carbons (Fsp3) is 0.367. The Kier molecular flexibility index (Phi) is 10.3. The van der Waals surface area contributed by atoms with Crippen molar-refractivity contribution in [2.75, 3.05) is 18.9 Å². The molecule has 2 aliphatic rings. The van der Waals surface area contributed by atoms with Gasteiger partial charge in [-0.3, -0.25) is 4.79 Å². The third-order valence-corrected chi connectivity index (χ3v) is 9.03. The molecule has 0 radical (unpaired) electrons. The van der Waals surface area contributed by atoms with Gasteiger partial charge in [0, 0.05) is 36.4 Å². The van der Waals surface area contributed by atoms with E-state index in [1.807, 2.05) is 0 Å². The van der Waals surface area contributed by atoms with E-state index in [2.05, 4.69) is 4.74 Å². The number of halogens is 4. The van der Waals surface area contributed by atoms with Crippen molar-refractivity contribution in [2.24, 2.45) is 11.7 Å². The van der Waals surface area contributed by atoms with Crippen molar-refractivity contribution in [1.29, 1.82) is 0 Å². The molecule has 2 N–H and O–H groups in total. The molecular formula is C30H29Cl2F2N3O6S. The van der Waals surface area contributed by atoms with Crippen LogP contribution in [0.3, 0.4) is 0 Å². The first-order chi connectivity index (χ1) is 21.1. The van der Waals surface area contributed by atoms with E-state index in [9.17, 15) is 23.6 Å². The molecule has 1 aliphatic heterocycles. The first-order valence-corrected chi connectivity index (χ1v) is 15.6. The lowest BCUT2D eigenvalue weighted by Crippen LogP contribution is -2.40. The van der Waals surface area contributed by atoms with Gasteiger partial charge in [-0.2, -0.15) is 13.5 Å². The molecule has 1 aromatic heterocycles. The van der Waals surface area contributed by atoms with E-state index in [0.717, 1.165) is 30.8 Å². The minimum atomic E-state index is -3.08. The van der Waals surface area contributed by atoms with Gasteiger partial charge >= 0.3 is 12.6 Å². The summed E-state index contributed by atoms with van der Waals surface area (Å²) < 4.78 is 43.3. The average Bonchev–Trinajstić information content (AvgIpc) is 3.69. The van der Waals surface area contributed by atoms with Gasteiger partial charge in [-0.15, -0.1) is 11.8 Å². The van der Waals surface area contributed by atoms with Crippen molar-refractivity contribution in [3.63, 3.8) is 0 Å². The number of nitrogens with two attached hydrogens (primary N) is 1.